The van der Waals surface area contributed by atoms with Gasteiger partial charge in [0.05, 0.1) is 0 Å². The van der Waals surface area contributed by atoms with E-state index in [0.717, 1.165) is 12.0 Å². The molecule has 0 fully saturated rings. The van der Waals surface area contributed by atoms with E-state index in [1.807, 2.05) is 12.2 Å². The predicted octanol–water partition coefficient (Wildman–Crippen LogP) is 2.88. The molecule has 0 amide bonds. The lowest BCUT2D eigenvalue weighted by molar-refractivity contribution is 0.715. The molecule has 1 nitrogen and oxygen atoms in total. The average Bonchev–Trinajstić information content (AvgIpc) is 1.95. The van der Waals surface area contributed by atoms with Gasteiger partial charge in [0, 0.05) is 6.21 Å². The second-order valence-electron chi connectivity index (χ2n) is 2.54. The van der Waals surface area contributed by atoms with Crippen molar-refractivity contribution < 1.29 is 0 Å². The Labute approximate surface area is 69.5 Å². The van der Waals surface area contributed by atoms with E-state index >= 15 is 0 Å². The lowest BCUT2D eigenvalue weighted by Crippen LogP contribution is -2.01. The molecule has 1 aliphatic carbocycles. The zero-order valence-corrected chi connectivity index (χ0v) is 7.48. The fourth-order valence-corrected chi connectivity index (χ4v) is 1.27. The van der Waals surface area contributed by atoms with E-state index in [9.17, 15) is 0 Å². The summed E-state index contributed by atoms with van der Waals surface area (Å²) in [5.41, 5.74) is 1.11. The maximum Gasteiger partial charge on any atom is 0.0210 e. The van der Waals surface area contributed by atoms with Crippen LogP contribution in [0.4, 0.5) is 0 Å². The van der Waals surface area contributed by atoms with Crippen molar-refractivity contribution in [1.29, 1.82) is 5.41 Å². The Balaban J connectivity index is 2.78. The smallest absolute Gasteiger partial charge is 0.0210 e. The molecule has 1 aliphatic rings. The first-order valence-electron chi connectivity index (χ1n) is 3.30. The summed E-state index contributed by atoms with van der Waals surface area (Å²) >= 11 is 3.45. The Kier molecular flexibility index (Phi) is 2.44. The number of hydrogen-bond donors (Lipinski definition) is 1. The summed E-state index contributed by atoms with van der Waals surface area (Å²) in [5, 5.41) is 7.02. The van der Waals surface area contributed by atoms with Gasteiger partial charge in [0.15, 0.2) is 0 Å². The topological polar surface area (TPSA) is 23.9 Å². The minimum Gasteiger partial charge on any atom is -0.308 e. The van der Waals surface area contributed by atoms with Crippen LogP contribution in [-0.2, 0) is 0 Å². The van der Waals surface area contributed by atoms with Crippen LogP contribution in [0, 0.1) is 11.3 Å². The lowest BCUT2D eigenvalue weighted by atomic mass is 9.97. The van der Waals surface area contributed by atoms with Crippen LogP contribution < -0.4 is 0 Å². The maximum atomic E-state index is 7.02. The molecule has 1 unspecified atom stereocenters. The number of rotatable bonds is 1. The highest BCUT2D eigenvalue weighted by Crippen LogP contribution is 2.27. The Bertz CT molecular complexity index is 203. The molecule has 0 aromatic carbocycles. The third-order valence-corrected chi connectivity index (χ3v) is 2.70. The first kappa shape index (κ1) is 7.73. The zero-order chi connectivity index (χ0) is 7.56. The molecule has 54 valence electrons. The van der Waals surface area contributed by atoms with Crippen molar-refractivity contribution in [2.75, 3.05) is 0 Å². The number of nitrogens with one attached hydrogen (secondary N) is 1. The van der Waals surface area contributed by atoms with Gasteiger partial charge in [0.25, 0.3) is 0 Å². The fourth-order valence-electron chi connectivity index (χ4n) is 0.977. The molecule has 10 heavy (non-hydrogen) atoms. The van der Waals surface area contributed by atoms with Crippen molar-refractivity contribution in [2.45, 2.75) is 13.3 Å². The van der Waals surface area contributed by atoms with Crippen LogP contribution in [0.15, 0.2) is 22.2 Å². The van der Waals surface area contributed by atoms with Crippen molar-refractivity contribution >= 4 is 22.1 Å². The van der Waals surface area contributed by atoms with Gasteiger partial charge in [0.2, 0.25) is 0 Å². The third kappa shape index (κ3) is 1.57. The lowest BCUT2D eigenvalue weighted by Gasteiger charge is -2.14. The Morgan fingerprint density at radius 3 is 2.90 bits per heavy atom. The molecular weight excluding hydrogens is 190 g/mol. The van der Waals surface area contributed by atoms with E-state index in [4.69, 9.17) is 5.41 Å². The van der Waals surface area contributed by atoms with Gasteiger partial charge >= 0.3 is 0 Å². The number of hydrogen-bond acceptors (Lipinski definition) is 1. The monoisotopic (exact) mass is 199 g/mol. The molecule has 0 saturated heterocycles. The van der Waals surface area contributed by atoms with Crippen molar-refractivity contribution in [2.24, 2.45) is 5.92 Å². The van der Waals surface area contributed by atoms with Crippen molar-refractivity contribution in [1.82, 2.24) is 0 Å². The molecule has 0 bridgehead atoms. The molecule has 0 radical (unpaired) electrons. The van der Waals surface area contributed by atoms with E-state index in [2.05, 4.69) is 22.9 Å². The van der Waals surface area contributed by atoms with Gasteiger partial charge < -0.3 is 5.41 Å². The highest BCUT2D eigenvalue weighted by molar-refractivity contribution is 9.11. The quantitative estimate of drug-likeness (QED) is 0.629. The Hall–Kier alpha value is -0.370. The molecule has 0 spiro atoms. The van der Waals surface area contributed by atoms with Crippen LogP contribution >= 0.6 is 15.9 Å². The molecule has 1 atom stereocenters. The molecule has 2 heteroatoms. The van der Waals surface area contributed by atoms with Crippen LogP contribution in [0.1, 0.15) is 13.3 Å². The molecule has 0 aliphatic heterocycles. The second-order valence-corrected chi connectivity index (χ2v) is 3.46. The summed E-state index contributed by atoms with van der Waals surface area (Å²) in [6, 6.07) is 0. The van der Waals surface area contributed by atoms with Crippen molar-refractivity contribution in [3.8, 4) is 0 Å². The van der Waals surface area contributed by atoms with E-state index < -0.39 is 0 Å². The molecule has 1 rings (SSSR count). The fraction of sp³-hybridized carbons (Fsp3) is 0.375. The minimum absolute atomic E-state index is 0.543. The highest BCUT2D eigenvalue weighted by atomic mass is 79.9. The Morgan fingerprint density at radius 1 is 1.70 bits per heavy atom. The van der Waals surface area contributed by atoms with Gasteiger partial charge in [-0.05, 0) is 22.4 Å². The standard InChI is InChI=1S/C8H10BrN/c1-6-4-7(5-10)2-3-8(6)9/h2-3,5-6,10H,4H2,1H3. The largest absolute Gasteiger partial charge is 0.308 e. The van der Waals surface area contributed by atoms with Crippen LogP contribution in [0.5, 0.6) is 0 Å². The summed E-state index contributed by atoms with van der Waals surface area (Å²) in [5.74, 6) is 0.543. The van der Waals surface area contributed by atoms with Crippen LogP contribution in [0.3, 0.4) is 0 Å². The molecule has 0 saturated carbocycles. The average molecular weight is 200 g/mol. The van der Waals surface area contributed by atoms with Crippen LogP contribution in [-0.4, -0.2) is 6.21 Å². The second kappa shape index (κ2) is 3.15. The Morgan fingerprint density at radius 2 is 2.40 bits per heavy atom. The molecule has 0 heterocycles. The summed E-state index contributed by atoms with van der Waals surface area (Å²) in [6.45, 7) is 2.15. The van der Waals surface area contributed by atoms with Crippen molar-refractivity contribution in [3.63, 3.8) is 0 Å². The van der Waals surface area contributed by atoms with Crippen LogP contribution in [0.25, 0.3) is 0 Å². The zero-order valence-electron chi connectivity index (χ0n) is 5.89. The maximum absolute atomic E-state index is 7.02. The summed E-state index contributed by atoms with van der Waals surface area (Å²) in [7, 11) is 0. The van der Waals surface area contributed by atoms with Crippen molar-refractivity contribution in [3.05, 3.63) is 22.2 Å². The molecule has 0 aromatic heterocycles. The van der Waals surface area contributed by atoms with Gasteiger partial charge in [-0.25, -0.2) is 0 Å². The van der Waals surface area contributed by atoms with E-state index in [0.29, 0.717) is 5.92 Å². The van der Waals surface area contributed by atoms with Crippen LogP contribution in [0.2, 0.25) is 0 Å². The van der Waals surface area contributed by atoms with Gasteiger partial charge in [-0.3, -0.25) is 0 Å². The first-order chi connectivity index (χ1) is 4.74. The SMILES string of the molecule is CC1CC(C=N)=CC=C1Br. The number of halogens is 1. The molecule has 1 N–H and O–H groups in total. The molecule has 0 aromatic rings. The molecular formula is C8H10BrN. The van der Waals surface area contributed by atoms with Gasteiger partial charge in [-0.2, -0.15) is 0 Å². The summed E-state index contributed by atoms with van der Waals surface area (Å²) in [4.78, 5) is 0. The van der Waals surface area contributed by atoms with Gasteiger partial charge in [0.1, 0.15) is 0 Å². The van der Waals surface area contributed by atoms with Gasteiger partial charge in [-0.1, -0.05) is 35.0 Å². The van der Waals surface area contributed by atoms with Gasteiger partial charge in [-0.15, -0.1) is 0 Å². The predicted molar refractivity (Wildman–Crippen MR) is 47.7 cm³/mol. The van der Waals surface area contributed by atoms with E-state index in [-0.39, 0.29) is 0 Å². The minimum atomic E-state index is 0.543. The summed E-state index contributed by atoms with van der Waals surface area (Å²) in [6.07, 6.45) is 6.42. The third-order valence-electron chi connectivity index (χ3n) is 1.65. The van der Waals surface area contributed by atoms with E-state index in [1.165, 1.54) is 10.7 Å². The first-order valence-corrected chi connectivity index (χ1v) is 4.10. The van der Waals surface area contributed by atoms with E-state index in [1.54, 1.807) is 0 Å². The number of allylic oxidation sites excluding steroid dienone is 4. The normalized spacial score (nSPS) is 25.2. The summed E-state index contributed by atoms with van der Waals surface area (Å²) < 4.78 is 1.23. The highest BCUT2D eigenvalue weighted by Gasteiger charge is 2.10.